The first-order valence-electron chi connectivity index (χ1n) is 7.88. The normalized spacial score (nSPS) is 15.7. The highest BCUT2D eigenvalue weighted by Crippen LogP contribution is 2.39. The Labute approximate surface area is 131 Å². The van der Waals surface area contributed by atoms with Gasteiger partial charge in [-0.1, -0.05) is 12.1 Å². The van der Waals surface area contributed by atoms with Crippen molar-refractivity contribution in [3.63, 3.8) is 0 Å². The van der Waals surface area contributed by atoms with E-state index >= 15 is 0 Å². The molecular formula is C18H23NO3. The standard InChI is InChI=1S/C18H23NO3/c1-18(2,3)22-17(20)19-10-8-13-5-4-12-6-7-15-14(16(12)13)9-11-21-15/h5-7H,4,8-11H2,1-3H3,(H,19,20). The summed E-state index contributed by atoms with van der Waals surface area (Å²) in [6.45, 7) is 6.96. The van der Waals surface area contributed by atoms with Gasteiger partial charge < -0.3 is 14.8 Å². The van der Waals surface area contributed by atoms with E-state index in [2.05, 4.69) is 23.5 Å². The predicted octanol–water partition coefficient (Wildman–Crippen LogP) is 3.48. The van der Waals surface area contributed by atoms with Gasteiger partial charge in [-0.3, -0.25) is 0 Å². The zero-order valence-corrected chi connectivity index (χ0v) is 13.5. The quantitative estimate of drug-likeness (QED) is 0.930. The van der Waals surface area contributed by atoms with Gasteiger partial charge in [0.25, 0.3) is 0 Å². The molecule has 1 N–H and O–H groups in total. The first kappa shape index (κ1) is 14.9. The number of hydrogen-bond acceptors (Lipinski definition) is 3. The third-order valence-electron chi connectivity index (χ3n) is 3.92. The Bertz CT molecular complexity index is 626. The summed E-state index contributed by atoms with van der Waals surface area (Å²) >= 11 is 0. The maximum atomic E-state index is 11.7. The molecule has 1 aromatic carbocycles. The zero-order chi connectivity index (χ0) is 15.7. The molecule has 0 saturated carbocycles. The van der Waals surface area contributed by atoms with Crippen LogP contribution in [0.4, 0.5) is 4.79 Å². The van der Waals surface area contributed by atoms with Crippen molar-refractivity contribution < 1.29 is 14.3 Å². The summed E-state index contributed by atoms with van der Waals surface area (Å²) in [5.74, 6) is 1.02. The van der Waals surface area contributed by atoms with Gasteiger partial charge in [0.05, 0.1) is 6.61 Å². The van der Waals surface area contributed by atoms with Crippen LogP contribution >= 0.6 is 0 Å². The number of nitrogens with one attached hydrogen (secondary N) is 1. The van der Waals surface area contributed by atoms with Crippen LogP contribution in [-0.4, -0.2) is 24.8 Å². The molecule has 0 bridgehead atoms. The number of hydrogen-bond donors (Lipinski definition) is 1. The van der Waals surface area contributed by atoms with Gasteiger partial charge in [-0.05, 0) is 56.4 Å². The highest BCUT2D eigenvalue weighted by atomic mass is 16.6. The van der Waals surface area contributed by atoms with Crippen molar-refractivity contribution >= 4 is 11.7 Å². The third-order valence-corrected chi connectivity index (χ3v) is 3.92. The Balaban J connectivity index is 1.61. The second-order valence-electron chi connectivity index (χ2n) is 6.79. The van der Waals surface area contributed by atoms with Crippen LogP contribution in [0.2, 0.25) is 0 Å². The van der Waals surface area contributed by atoms with E-state index in [1.54, 1.807) is 0 Å². The Morgan fingerprint density at radius 2 is 2.18 bits per heavy atom. The number of fused-ring (bicyclic) bond motifs is 3. The second kappa shape index (κ2) is 5.67. The van der Waals surface area contributed by atoms with Gasteiger partial charge in [0.2, 0.25) is 0 Å². The summed E-state index contributed by atoms with van der Waals surface area (Å²) in [4.78, 5) is 11.7. The van der Waals surface area contributed by atoms with E-state index in [0.29, 0.717) is 6.54 Å². The van der Waals surface area contributed by atoms with Crippen LogP contribution in [0.15, 0.2) is 18.2 Å². The van der Waals surface area contributed by atoms with Crippen molar-refractivity contribution in [1.29, 1.82) is 0 Å². The molecule has 3 rings (SSSR count). The van der Waals surface area contributed by atoms with E-state index in [1.165, 1.54) is 22.3 Å². The molecule has 22 heavy (non-hydrogen) atoms. The number of benzene rings is 1. The number of carbonyl (C=O) groups is 1. The molecule has 4 heteroatoms. The van der Waals surface area contributed by atoms with E-state index in [9.17, 15) is 4.79 Å². The Morgan fingerprint density at radius 1 is 1.36 bits per heavy atom. The lowest BCUT2D eigenvalue weighted by atomic mass is 9.95. The minimum atomic E-state index is -0.457. The van der Waals surface area contributed by atoms with Crippen LogP contribution in [-0.2, 0) is 17.6 Å². The van der Waals surface area contributed by atoms with Gasteiger partial charge in [-0.15, -0.1) is 0 Å². The molecule has 4 nitrogen and oxygen atoms in total. The molecular weight excluding hydrogens is 278 g/mol. The number of allylic oxidation sites excluding steroid dienone is 1. The molecule has 2 aliphatic rings. The number of carbonyl (C=O) groups excluding carboxylic acids is 1. The van der Waals surface area contributed by atoms with Crippen molar-refractivity contribution in [3.05, 3.63) is 34.9 Å². The fourth-order valence-electron chi connectivity index (χ4n) is 3.07. The summed E-state index contributed by atoms with van der Waals surface area (Å²) in [5.41, 5.74) is 4.91. The number of ether oxygens (including phenoxy) is 2. The molecule has 1 amide bonds. The average molecular weight is 301 g/mol. The van der Waals surface area contributed by atoms with Gasteiger partial charge in [-0.25, -0.2) is 4.79 Å². The van der Waals surface area contributed by atoms with Crippen molar-refractivity contribution in [2.24, 2.45) is 0 Å². The second-order valence-corrected chi connectivity index (χ2v) is 6.79. The molecule has 0 atom stereocenters. The summed E-state index contributed by atoms with van der Waals surface area (Å²) in [7, 11) is 0. The lowest BCUT2D eigenvalue weighted by Crippen LogP contribution is -2.33. The lowest BCUT2D eigenvalue weighted by Gasteiger charge is -2.19. The first-order chi connectivity index (χ1) is 10.4. The van der Waals surface area contributed by atoms with E-state index in [1.807, 2.05) is 20.8 Å². The fraction of sp³-hybridized carbons (Fsp3) is 0.500. The van der Waals surface area contributed by atoms with Crippen LogP contribution in [0.25, 0.3) is 5.57 Å². The minimum Gasteiger partial charge on any atom is -0.493 e. The number of amides is 1. The van der Waals surface area contributed by atoms with Crippen molar-refractivity contribution in [2.45, 2.75) is 45.6 Å². The smallest absolute Gasteiger partial charge is 0.407 e. The third kappa shape index (κ3) is 3.11. The number of alkyl carbamates (subject to hydrolysis) is 1. The van der Waals surface area contributed by atoms with E-state index in [-0.39, 0.29) is 6.09 Å². The largest absolute Gasteiger partial charge is 0.493 e. The molecule has 1 aliphatic carbocycles. The van der Waals surface area contributed by atoms with Crippen LogP contribution in [0, 0.1) is 0 Å². The molecule has 0 spiro atoms. The van der Waals surface area contributed by atoms with Crippen LogP contribution < -0.4 is 10.1 Å². The van der Waals surface area contributed by atoms with Gasteiger partial charge >= 0.3 is 6.09 Å². The van der Waals surface area contributed by atoms with E-state index < -0.39 is 5.60 Å². The summed E-state index contributed by atoms with van der Waals surface area (Å²) in [6, 6.07) is 4.24. The zero-order valence-electron chi connectivity index (χ0n) is 13.5. The van der Waals surface area contributed by atoms with Crippen molar-refractivity contribution in [1.82, 2.24) is 5.32 Å². The Hall–Kier alpha value is -1.97. The van der Waals surface area contributed by atoms with Gasteiger partial charge in [0.15, 0.2) is 0 Å². The molecule has 1 heterocycles. The molecule has 0 fully saturated rings. The topological polar surface area (TPSA) is 47.6 Å². The molecule has 118 valence electrons. The highest BCUT2D eigenvalue weighted by molar-refractivity contribution is 5.78. The minimum absolute atomic E-state index is 0.354. The predicted molar refractivity (Wildman–Crippen MR) is 86.2 cm³/mol. The monoisotopic (exact) mass is 301 g/mol. The lowest BCUT2D eigenvalue weighted by molar-refractivity contribution is 0.0529. The van der Waals surface area contributed by atoms with Crippen molar-refractivity contribution in [2.75, 3.05) is 13.2 Å². The molecule has 1 aliphatic heterocycles. The first-order valence-corrected chi connectivity index (χ1v) is 7.88. The Kier molecular flexibility index (Phi) is 3.85. The molecule has 0 aromatic heterocycles. The van der Waals surface area contributed by atoms with Gasteiger partial charge in [0, 0.05) is 18.5 Å². The van der Waals surface area contributed by atoms with Gasteiger partial charge in [-0.2, -0.15) is 0 Å². The van der Waals surface area contributed by atoms with E-state index in [0.717, 1.165) is 31.6 Å². The van der Waals surface area contributed by atoms with Crippen LogP contribution in [0.1, 0.15) is 43.9 Å². The summed E-state index contributed by atoms with van der Waals surface area (Å²) < 4.78 is 10.9. The molecule has 0 saturated heterocycles. The van der Waals surface area contributed by atoms with Crippen molar-refractivity contribution in [3.8, 4) is 5.75 Å². The SMILES string of the molecule is CC(C)(C)OC(=O)NCCC1=CCc2ccc3c(c21)CCO3. The van der Waals surface area contributed by atoms with Crippen LogP contribution in [0.3, 0.4) is 0 Å². The highest BCUT2D eigenvalue weighted by Gasteiger charge is 2.24. The van der Waals surface area contributed by atoms with Gasteiger partial charge in [0.1, 0.15) is 11.4 Å². The van der Waals surface area contributed by atoms with Crippen LogP contribution in [0.5, 0.6) is 5.75 Å². The molecule has 0 radical (unpaired) electrons. The Morgan fingerprint density at radius 3 is 2.95 bits per heavy atom. The molecule has 0 unspecified atom stereocenters. The number of rotatable bonds is 3. The maximum Gasteiger partial charge on any atom is 0.407 e. The maximum absolute atomic E-state index is 11.7. The summed E-state index contributed by atoms with van der Waals surface area (Å²) in [5, 5.41) is 2.83. The average Bonchev–Trinajstić information content (AvgIpc) is 3.01. The molecule has 1 aromatic rings. The summed E-state index contributed by atoms with van der Waals surface area (Å²) in [6.07, 6.45) is 4.69. The fourth-order valence-corrected chi connectivity index (χ4v) is 3.07. The van der Waals surface area contributed by atoms with E-state index in [4.69, 9.17) is 9.47 Å².